The topological polar surface area (TPSA) is 45.1 Å². The Balaban J connectivity index is 1.81. The number of aryl methyl sites for hydroxylation is 1. The summed E-state index contributed by atoms with van der Waals surface area (Å²) in [6.07, 6.45) is 1.29. The Hall–Kier alpha value is -1.71. The van der Waals surface area contributed by atoms with Gasteiger partial charge in [0.25, 0.3) is 0 Å². The van der Waals surface area contributed by atoms with Crippen molar-refractivity contribution in [3.8, 4) is 0 Å². The molecule has 3 heteroatoms. The van der Waals surface area contributed by atoms with Gasteiger partial charge in [-0.05, 0) is 24.6 Å². The van der Waals surface area contributed by atoms with Gasteiger partial charge in [0.2, 0.25) is 0 Å². The summed E-state index contributed by atoms with van der Waals surface area (Å²) in [5.41, 5.74) is 3.12. The molecule has 0 bridgehead atoms. The third kappa shape index (κ3) is 3.65. The van der Waals surface area contributed by atoms with Crippen molar-refractivity contribution in [1.29, 1.82) is 0 Å². The van der Waals surface area contributed by atoms with Crippen molar-refractivity contribution >= 4 is 0 Å². The van der Waals surface area contributed by atoms with Gasteiger partial charge in [0, 0.05) is 19.3 Å². The number of pyridine rings is 1. The highest BCUT2D eigenvalue weighted by atomic mass is 16.3. The number of hydrogen-bond acceptors (Lipinski definition) is 3. The number of benzene rings is 1. The van der Waals surface area contributed by atoms with Crippen LogP contribution in [0.25, 0.3) is 0 Å². The normalized spacial score (nSPS) is 12.3. The van der Waals surface area contributed by atoms with Gasteiger partial charge in [-0.25, -0.2) is 0 Å². The van der Waals surface area contributed by atoms with Crippen LogP contribution in [0.15, 0.2) is 48.7 Å². The Bertz CT molecular complexity index is 468. The molecule has 0 aliphatic rings. The predicted octanol–water partition coefficient (Wildman–Crippen LogP) is 2.21. The van der Waals surface area contributed by atoms with Crippen LogP contribution < -0.4 is 5.32 Å². The highest BCUT2D eigenvalue weighted by Gasteiger charge is 2.06. The summed E-state index contributed by atoms with van der Waals surface area (Å²) in [6, 6.07) is 13.8. The molecule has 94 valence electrons. The van der Waals surface area contributed by atoms with Gasteiger partial charge in [-0.15, -0.1) is 0 Å². The van der Waals surface area contributed by atoms with E-state index in [1.165, 1.54) is 5.56 Å². The molecule has 0 radical (unpaired) electrons. The van der Waals surface area contributed by atoms with E-state index in [-0.39, 0.29) is 0 Å². The van der Waals surface area contributed by atoms with Gasteiger partial charge in [-0.3, -0.25) is 4.98 Å². The van der Waals surface area contributed by atoms with Crippen LogP contribution in [-0.2, 0) is 6.54 Å². The quantitative estimate of drug-likeness (QED) is 0.845. The van der Waals surface area contributed by atoms with Crippen molar-refractivity contribution in [3.63, 3.8) is 0 Å². The Kier molecular flexibility index (Phi) is 4.45. The molecular formula is C15H18N2O. The van der Waals surface area contributed by atoms with Crippen LogP contribution in [0.1, 0.15) is 22.9 Å². The minimum absolute atomic E-state index is 0.477. The lowest BCUT2D eigenvalue weighted by Crippen LogP contribution is -2.21. The summed E-state index contributed by atoms with van der Waals surface area (Å²) >= 11 is 0. The number of hydrogen-bond donors (Lipinski definition) is 2. The second kappa shape index (κ2) is 6.28. The number of rotatable bonds is 5. The van der Waals surface area contributed by atoms with Gasteiger partial charge in [0.15, 0.2) is 0 Å². The maximum atomic E-state index is 10.0. The summed E-state index contributed by atoms with van der Waals surface area (Å²) in [7, 11) is 0. The minimum Gasteiger partial charge on any atom is -0.387 e. The molecule has 0 saturated heterocycles. The van der Waals surface area contributed by atoms with Gasteiger partial charge in [0.1, 0.15) is 0 Å². The van der Waals surface area contributed by atoms with Gasteiger partial charge >= 0.3 is 0 Å². The molecule has 1 atom stereocenters. The Morgan fingerprint density at radius 3 is 2.61 bits per heavy atom. The van der Waals surface area contributed by atoms with E-state index >= 15 is 0 Å². The summed E-state index contributed by atoms with van der Waals surface area (Å²) in [6.45, 7) is 3.23. The highest BCUT2D eigenvalue weighted by Crippen LogP contribution is 2.12. The molecule has 0 aliphatic carbocycles. The van der Waals surface area contributed by atoms with Crippen molar-refractivity contribution in [1.82, 2.24) is 10.3 Å². The van der Waals surface area contributed by atoms with E-state index in [0.29, 0.717) is 13.1 Å². The van der Waals surface area contributed by atoms with Crippen LogP contribution in [0, 0.1) is 6.92 Å². The monoisotopic (exact) mass is 242 g/mol. The Morgan fingerprint density at radius 1 is 1.17 bits per heavy atom. The van der Waals surface area contributed by atoms with E-state index in [4.69, 9.17) is 0 Å². The fourth-order valence-electron chi connectivity index (χ4n) is 1.75. The third-order valence-electron chi connectivity index (χ3n) is 2.83. The lowest BCUT2D eigenvalue weighted by molar-refractivity contribution is 0.174. The molecule has 3 nitrogen and oxygen atoms in total. The first-order chi connectivity index (χ1) is 8.75. The zero-order chi connectivity index (χ0) is 12.8. The zero-order valence-electron chi connectivity index (χ0n) is 10.5. The fourth-order valence-corrected chi connectivity index (χ4v) is 1.75. The Labute approximate surface area is 108 Å². The van der Waals surface area contributed by atoms with Crippen LogP contribution >= 0.6 is 0 Å². The lowest BCUT2D eigenvalue weighted by atomic mass is 10.1. The molecule has 0 saturated carbocycles. The number of aromatic nitrogens is 1. The lowest BCUT2D eigenvalue weighted by Gasteiger charge is -2.12. The van der Waals surface area contributed by atoms with E-state index in [9.17, 15) is 5.11 Å². The average Bonchev–Trinajstić information content (AvgIpc) is 2.40. The summed E-state index contributed by atoms with van der Waals surface area (Å²) < 4.78 is 0. The fraction of sp³-hybridized carbons (Fsp3) is 0.267. The molecule has 2 N–H and O–H groups in total. The van der Waals surface area contributed by atoms with Crippen LogP contribution in [0.3, 0.4) is 0 Å². The molecule has 0 fully saturated rings. The maximum Gasteiger partial charge on any atom is 0.0914 e. The second-order valence-corrected chi connectivity index (χ2v) is 4.38. The first-order valence-electron chi connectivity index (χ1n) is 6.11. The SMILES string of the molecule is Cc1ccc(C(O)CNCc2ccccn2)cc1. The third-order valence-corrected chi connectivity index (χ3v) is 2.83. The molecule has 1 aromatic carbocycles. The molecule has 1 aromatic heterocycles. The van der Waals surface area contributed by atoms with E-state index < -0.39 is 6.10 Å². The number of aliphatic hydroxyl groups excluding tert-OH is 1. The maximum absolute atomic E-state index is 10.0. The Morgan fingerprint density at radius 2 is 1.94 bits per heavy atom. The van der Waals surface area contributed by atoms with Crippen LogP contribution in [-0.4, -0.2) is 16.6 Å². The van der Waals surface area contributed by atoms with Crippen LogP contribution in [0.5, 0.6) is 0 Å². The van der Waals surface area contributed by atoms with Crippen molar-refractivity contribution in [2.75, 3.05) is 6.54 Å². The van der Waals surface area contributed by atoms with Crippen molar-refractivity contribution in [2.45, 2.75) is 19.6 Å². The van der Waals surface area contributed by atoms with Crippen LogP contribution in [0.2, 0.25) is 0 Å². The molecule has 0 spiro atoms. The summed E-state index contributed by atoms with van der Waals surface area (Å²) in [4.78, 5) is 4.22. The average molecular weight is 242 g/mol. The molecule has 1 unspecified atom stereocenters. The zero-order valence-corrected chi connectivity index (χ0v) is 10.5. The standard InChI is InChI=1S/C15H18N2O/c1-12-5-7-13(8-6-12)15(18)11-16-10-14-4-2-3-9-17-14/h2-9,15-16,18H,10-11H2,1H3. The van der Waals surface area contributed by atoms with E-state index in [1.54, 1.807) is 6.20 Å². The van der Waals surface area contributed by atoms with E-state index in [0.717, 1.165) is 11.3 Å². The highest BCUT2D eigenvalue weighted by molar-refractivity contribution is 5.23. The number of aliphatic hydroxyl groups is 1. The molecule has 0 amide bonds. The first-order valence-corrected chi connectivity index (χ1v) is 6.11. The van der Waals surface area contributed by atoms with Crippen molar-refractivity contribution in [2.24, 2.45) is 0 Å². The smallest absolute Gasteiger partial charge is 0.0914 e. The summed E-state index contributed by atoms with van der Waals surface area (Å²) in [5.74, 6) is 0. The van der Waals surface area contributed by atoms with Crippen molar-refractivity contribution in [3.05, 3.63) is 65.5 Å². The first kappa shape index (κ1) is 12.7. The van der Waals surface area contributed by atoms with Gasteiger partial charge in [-0.2, -0.15) is 0 Å². The van der Waals surface area contributed by atoms with E-state index in [1.807, 2.05) is 49.4 Å². The molecule has 2 aromatic rings. The van der Waals surface area contributed by atoms with Gasteiger partial charge in [0.05, 0.1) is 11.8 Å². The summed E-state index contributed by atoms with van der Waals surface area (Å²) in [5, 5.41) is 13.2. The van der Waals surface area contributed by atoms with Gasteiger partial charge < -0.3 is 10.4 Å². The molecule has 18 heavy (non-hydrogen) atoms. The van der Waals surface area contributed by atoms with Gasteiger partial charge in [-0.1, -0.05) is 35.9 Å². The number of nitrogens with zero attached hydrogens (tertiary/aromatic N) is 1. The minimum atomic E-state index is -0.477. The van der Waals surface area contributed by atoms with E-state index in [2.05, 4.69) is 10.3 Å². The molecule has 1 heterocycles. The van der Waals surface area contributed by atoms with Crippen LogP contribution in [0.4, 0.5) is 0 Å². The van der Waals surface area contributed by atoms with Crippen molar-refractivity contribution < 1.29 is 5.11 Å². The number of nitrogens with one attached hydrogen (secondary N) is 1. The molecular weight excluding hydrogens is 224 g/mol. The second-order valence-electron chi connectivity index (χ2n) is 4.38. The molecule has 0 aliphatic heterocycles. The predicted molar refractivity (Wildman–Crippen MR) is 72.1 cm³/mol. The molecule has 2 rings (SSSR count). The largest absolute Gasteiger partial charge is 0.387 e.